The van der Waals surface area contributed by atoms with Gasteiger partial charge in [-0.1, -0.05) is 46.4 Å². The fraction of sp³-hybridized carbons (Fsp3) is 0. The van der Waals surface area contributed by atoms with E-state index in [1.54, 1.807) is 36.4 Å². The number of nitrogens with zero attached hydrogens (tertiary/aromatic N) is 2. The summed E-state index contributed by atoms with van der Waals surface area (Å²) < 4.78 is 0. The van der Waals surface area contributed by atoms with E-state index in [9.17, 15) is 0 Å². The Bertz CT molecular complexity index is 558. The predicted molar refractivity (Wildman–Crippen MR) is 77.1 cm³/mol. The third kappa shape index (κ3) is 3.36. The second-order valence-electron chi connectivity index (χ2n) is 3.40. The molecular weight excluding hydrogens is 338 g/mol. The molecule has 2 aromatic rings. The summed E-state index contributed by atoms with van der Waals surface area (Å²) in [6, 6.07) is 10.0. The van der Waals surface area contributed by atoms with Crippen LogP contribution < -0.4 is 0 Å². The minimum Gasteiger partial charge on any atom is -0.151 e. The average Bonchev–Trinajstić information content (AvgIpc) is 2.35. The van der Waals surface area contributed by atoms with Gasteiger partial charge in [0.1, 0.15) is 0 Å². The van der Waals surface area contributed by atoms with Crippen LogP contribution in [0.15, 0.2) is 46.6 Å². The van der Waals surface area contributed by atoms with Crippen LogP contribution in [-0.2, 0) is 0 Å². The Morgan fingerprint density at radius 1 is 0.556 bits per heavy atom. The second-order valence-corrected chi connectivity index (χ2v) is 5.03. The largest absolute Gasteiger partial charge is 0.151 e. The topological polar surface area (TPSA) is 24.7 Å². The quantitative estimate of drug-likeness (QED) is 0.541. The first-order valence-electron chi connectivity index (χ1n) is 4.88. The van der Waals surface area contributed by atoms with E-state index in [0.29, 0.717) is 31.5 Å². The molecule has 0 spiro atoms. The first-order chi connectivity index (χ1) is 8.56. The molecular formula is C12H6Cl4N2. The molecule has 0 atom stereocenters. The highest BCUT2D eigenvalue weighted by atomic mass is 35.5. The molecule has 0 amide bonds. The lowest BCUT2D eigenvalue weighted by Gasteiger charge is -1.98. The Morgan fingerprint density at radius 2 is 0.944 bits per heavy atom. The molecule has 0 unspecified atom stereocenters. The summed E-state index contributed by atoms with van der Waals surface area (Å²) in [6.07, 6.45) is 0. The molecule has 0 heterocycles. The smallest absolute Gasteiger partial charge is 0.0872 e. The van der Waals surface area contributed by atoms with Crippen molar-refractivity contribution in [2.75, 3.05) is 0 Å². The zero-order valence-electron chi connectivity index (χ0n) is 8.87. The monoisotopic (exact) mass is 342 g/mol. The number of hydrogen-bond acceptors (Lipinski definition) is 2. The Morgan fingerprint density at radius 3 is 1.28 bits per heavy atom. The van der Waals surface area contributed by atoms with Gasteiger partial charge in [-0.05, 0) is 36.4 Å². The lowest BCUT2D eigenvalue weighted by atomic mass is 12.1. The maximum Gasteiger partial charge on any atom is 0.0872 e. The van der Waals surface area contributed by atoms with Gasteiger partial charge < -0.3 is 0 Å². The van der Waals surface area contributed by atoms with Crippen LogP contribution in [0.1, 0.15) is 0 Å². The molecule has 0 saturated carbocycles. The molecule has 18 heavy (non-hydrogen) atoms. The van der Waals surface area contributed by atoms with Crippen LogP contribution in [0.25, 0.3) is 0 Å². The molecule has 2 rings (SSSR count). The highest BCUT2D eigenvalue weighted by Crippen LogP contribution is 2.30. The molecule has 6 heteroatoms. The van der Waals surface area contributed by atoms with Crippen molar-refractivity contribution in [2.45, 2.75) is 0 Å². The van der Waals surface area contributed by atoms with Gasteiger partial charge in [0, 0.05) is 0 Å². The molecule has 0 N–H and O–H groups in total. The second kappa shape index (κ2) is 5.89. The molecule has 92 valence electrons. The SMILES string of the molecule is Cl[14c]1[14cH][14cH][14c](N=N[14c]2[14cH][14cH][14c](Cl)[14c](Cl)[14cH]2)[14cH][14c]1Cl. The number of benzene rings is 2. The van der Waals surface area contributed by atoms with Crippen molar-refractivity contribution < 1.29 is 0 Å². The van der Waals surface area contributed by atoms with E-state index in [0.717, 1.165) is 0 Å². The summed E-state index contributed by atoms with van der Waals surface area (Å²) >= 11 is 23.3. The molecule has 2 aromatic carbocycles. The summed E-state index contributed by atoms with van der Waals surface area (Å²) in [7, 11) is 0. The van der Waals surface area contributed by atoms with Crippen LogP contribution in [0.3, 0.4) is 0 Å². The minimum atomic E-state index is 0.433. The van der Waals surface area contributed by atoms with Crippen LogP contribution >= 0.6 is 46.4 Å². The maximum atomic E-state index is 5.87. The Kier molecular flexibility index (Phi) is 4.46. The zero-order valence-corrected chi connectivity index (χ0v) is 11.9. The number of halogens is 4. The van der Waals surface area contributed by atoms with Gasteiger partial charge in [-0.15, -0.1) is 0 Å². The van der Waals surface area contributed by atoms with Gasteiger partial charge in [-0.3, -0.25) is 0 Å². The molecule has 0 bridgehead atoms. The van der Waals surface area contributed by atoms with Gasteiger partial charge in [0.05, 0.1) is 31.5 Å². The van der Waals surface area contributed by atoms with Crippen LogP contribution in [0.5, 0.6) is 0 Å². The number of azo groups is 1. The summed E-state index contributed by atoms with van der Waals surface area (Å²) in [4.78, 5) is 0. The molecule has 0 aliphatic heterocycles. The highest BCUT2D eigenvalue weighted by Gasteiger charge is 2.00. The van der Waals surface area contributed by atoms with E-state index in [1.807, 2.05) is 0 Å². The lowest BCUT2D eigenvalue weighted by molar-refractivity contribution is 1.23. The minimum absolute atomic E-state index is 0.433. The van der Waals surface area contributed by atoms with Crippen LogP contribution in [-0.4, -0.2) is 0 Å². The van der Waals surface area contributed by atoms with Crippen molar-refractivity contribution >= 4 is 57.8 Å². The van der Waals surface area contributed by atoms with Crippen molar-refractivity contribution in [3.63, 3.8) is 0 Å². The van der Waals surface area contributed by atoms with E-state index in [-0.39, 0.29) is 0 Å². The van der Waals surface area contributed by atoms with Crippen LogP contribution in [0, 0.1) is 0 Å². The van der Waals surface area contributed by atoms with Crippen LogP contribution in [0.4, 0.5) is 11.4 Å². The fourth-order valence-electron chi connectivity index (χ4n) is 1.21. The first kappa shape index (κ1) is 13.6. The van der Waals surface area contributed by atoms with Crippen molar-refractivity contribution in [3.05, 3.63) is 56.5 Å². The summed E-state index contributed by atoms with van der Waals surface area (Å²) in [5, 5.41) is 9.88. The van der Waals surface area contributed by atoms with Gasteiger partial charge >= 0.3 is 0 Å². The van der Waals surface area contributed by atoms with E-state index in [1.165, 1.54) is 0 Å². The molecule has 0 aliphatic rings. The summed E-state index contributed by atoms with van der Waals surface area (Å²) in [5.74, 6) is 0. The standard InChI is InChI=1S/C12H6Cl4N2/c13-9-3-1-7(5-11(9)15)17-18-8-2-4-10(14)12(16)6-8/h1-6H/i1+2,2+2,3+2,4+2,5+2,6+2,7+2,8+2,9+2,10+2,11+2,12+2. The van der Waals surface area contributed by atoms with Crippen molar-refractivity contribution in [1.82, 2.24) is 0 Å². The zero-order chi connectivity index (χ0) is 13.1. The van der Waals surface area contributed by atoms with Gasteiger partial charge in [-0.25, -0.2) is 0 Å². The maximum absolute atomic E-state index is 5.87. The molecule has 0 aromatic heterocycles. The van der Waals surface area contributed by atoms with Crippen molar-refractivity contribution in [1.29, 1.82) is 0 Å². The Balaban J connectivity index is 2.24. The third-order valence-electron chi connectivity index (χ3n) is 2.09. The van der Waals surface area contributed by atoms with Crippen molar-refractivity contribution in [2.24, 2.45) is 10.2 Å². The van der Waals surface area contributed by atoms with E-state index < -0.39 is 0 Å². The Hall–Kier alpha value is -0.800. The molecule has 0 radical (unpaired) electrons. The van der Waals surface area contributed by atoms with Gasteiger partial charge in [0.2, 0.25) is 0 Å². The van der Waals surface area contributed by atoms with Crippen LogP contribution in [0.2, 0.25) is 20.1 Å². The average molecular weight is 344 g/mol. The van der Waals surface area contributed by atoms with Gasteiger partial charge in [0.25, 0.3) is 0 Å². The summed E-state index contributed by atoms with van der Waals surface area (Å²) in [6.45, 7) is 0. The normalized spacial score (nSPS) is 11.1. The fourth-order valence-corrected chi connectivity index (χ4v) is 1.79. The number of hydrogen-bond donors (Lipinski definition) is 0. The predicted octanol–water partition coefficient (Wildman–Crippen LogP) is 6.72. The van der Waals surface area contributed by atoms with Gasteiger partial charge in [-0.2, -0.15) is 10.2 Å². The summed E-state index contributed by atoms with van der Waals surface area (Å²) in [5.41, 5.74) is 1.21. The van der Waals surface area contributed by atoms with E-state index >= 15 is 0 Å². The van der Waals surface area contributed by atoms with Crippen molar-refractivity contribution in [3.8, 4) is 0 Å². The molecule has 0 saturated heterocycles. The first-order valence-corrected chi connectivity index (χ1v) is 6.39. The number of rotatable bonds is 2. The Labute approximate surface area is 124 Å². The van der Waals surface area contributed by atoms with E-state index in [4.69, 9.17) is 46.4 Å². The molecule has 0 fully saturated rings. The molecule has 2 nitrogen and oxygen atoms in total. The molecule has 0 aliphatic carbocycles. The van der Waals surface area contributed by atoms with E-state index in [2.05, 4.69) is 10.2 Å². The third-order valence-corrected chi connectivity index (χ3v) is 3.57. The lowest BCUT2D eigenvalue weighted by Crippen LogP contribution is -1.70. The van der Waals surface area contributed by atoms with Gasteiger partial charge in [0.15, 0.2) is 0 Å². The highest BCUT2D eigenvalue weighted by molar-refractivity contribution is 6.42.